The van der Waals surface area contributed by atoms with Crippen LogP contribution in [-0.2, 0) is 24.0 Å². The van der Waals surface area contributed by atoms with E-state index in [2.05, 4.69) is 0 Å². The number of rotatable bonds is 6. The van der Waals surface area contributed by atoms with Crippen LogP contribution in [0.25, 0.3) is 10.9 Å². The van der Waals surface area contributed by atoms with Gasteiger partial charge in [-0.25, -0.2) is 8.78 Å². The first-order valence-electron chi connectivity index (χ1n) is 11.3. The summed E-state index contributed by atoms with van der Waals surface area (Å²) in [4.78, 5) is 14.8. The van der Waals surface area contributed by atoms with Gasteiger partial charge in [0.1, 0.15) is 11.6 Å². The molecular formula is C25H26F5N3O2. The van der Waals surface area contributed by atoms with Gasteiger partial charge in [-0.3, -0.25) is 4.79 Å². The highest BCUT2D eigenvalue weighted by Crippen LogP contribution is 2.39. The predicted octanol–water partition coefficient (Wildman–Crippen LogP) is 5.06. The topological polar surface area (TPSA) is 60.5 Å². The van der Waals surface area contributed by atoms with Crippen molar-refractivity contribution in [2.75, 3.05) is 26.8 Å². The van der Waals surface area contributed by atoms with Gasteiger partial charge in [0.2, 0.25) is 0 Å². The molecule has 2 aromatic carbocycles. The normalized spacial score (nSPS) is 15.2. The van der Waals surface area contributed by atoms with Crippen LogP contribution in [0.2, 0.25) is 0 Å². The zero-order chi connectivity index (χ0) is 25.3. The summed E-state index contributed by atoms with van der Waals surface area (Å²) in [6, 6.07) is 6.14. The Morgan fingerprint density at radius 2 is 1.80 bits per heavy atom. The monoisotopic (exact) mass is 495 g/mol. The first kappa shape index (κ1) is 25.1. The first-order chi connectivity index (χ1) is 16.7. The Morgan fingerprint density at radius 3 is 2.43 bits per heavy atom. The van der Waals surface area contributed by atoms with Gasteiger partial charge in [0.15, 0.2) is 0 Å². The second kappa shape index (κ2) is 9.94. The minimum Gasteiger partial charge on any atom is -0.383 e. The van der Waals surface area contributed by atoms with Gasteiger partial charge >= 0.3 is 6.18 Å². The number of methoxy groups -OCH3 is 1. The molecule has 0 aliphatic carbocycles. The second-order valence-corrected chi connectivity index (χ2v) is 8.67. The fourth-order valence-corrected chi connectivity index (χ4v) is 4.77. The molecule has 0 atom stereocenters. The molecule has 3 aromatic rings. The van der Waals surface area contributed by atoms with E-state index >= 15 is 0 Å². The highest BCUT2D eigenvalue weighted by molar-refractivity contribution is 6.08. The molecule has 0 saturated carbocycles. The highest BCUT2D eigenvalue weighted by Gasteiger charge is 2.37. The van der Waals surface area contributed by atoms with E-state index in [4.69, 9.17) is 10.5 Å². The zero-order valence-electron chi connectivity index (χ0n) is 19.2. The number of carbonyl (C=O) groups excluding carboxylic acids is 1. The number of hydrogen-bond donors (Lipinski definition) is 1. The van der Waals surface area contributed by atoms with Crippen molar-refractivity contribution in [3.8, 4) is 0 Å². The van der Waals surface area contributed by atoms with E-state index in [0.29, 0.717) is 24.5 Å². The third kappa shape index (κ3) is 4.90. The number of ether oxygens (including phenoxy) is 1. The maximum Gasteiger partial charge on any atom is 0.417 e. The number of carbonyl (C=O) groups is 1. The van der Waals surface area contributed by atoms with Crippen LogP contribution < -0.4 is 5.73 Å². The van der Waals surface area contributed by atoms with E-state index in [1.54, 1.807) is 12.1 Å². The molecule has 35 heavy (non-hydrogen) atoms. The van der Waals surface area contributed by atoms with Crippen molar-refractivity contribution in [2.45, 2.75) is 38.0 Å². The lowest BCUT2D eigenvalue weighted by Gasteiger charge is -2.32. The summed E-state index contributed by atoms with van der Waals surface area (Å²) >= 11 is 0. The summed E-state index contributed by atoms with van der Waals surface area (Å²) in [6.45, 7) is 0.952. The minimum atomic E-state index is -4.77. The number of benzene rings is 2. The Kier molecular flexibility index (Phi) is 7.14. The van der Waals surface area contributed by atoms with Crippen LogP contribution in [0.15, 0.2) is 36.5 Å². The second-order valence-electron chi connectivity index (χ2n) is 8.67. The Bertz CT molecular complexity index is 1230. The molecule has 1 saturated heterocycles. The molecule has 4 rings (SSSR count). The lowest BCUT2D eigenvalue weighted by atomic mass is 9.88. The van der Waals surface area contributed by atoms with Crippen molar-refractivity contribution >= 4 is 16.8 Å². The average molecular weight is 495 g/mol. The number of hydrogen-bond acceptors (Lipinski definition) is 3. The van der Waals surface area contributed by atoms with Gasteiger partial charge in [0, 0.05) is 44.9 Å². The maximum absolute atomic E-state index is 14.7. The van der Waals surface area contributed by atoms with Crippen LogP contribution in [-0.4, -0.2) is 42.2 Å². The number of fused-ring (bicyclic) bond motifs is 1. The molecule has 1 amide bonds. The highest BCUT2D eigenvalue weighted by atomic mass is 19.4. The molecule has 10 heteroatoms. The van der Waals surface area contributed by atoms with E-state index in [0.717, 1.165) is 11.6 Å². The smallest absolute Gasteiger partial charge is 0.383 e. The van der Waals surface area contributed by atoms with E-state index < -0.39 is 28.9 Å². The van der Waals surface area contributed by atoms with Crippen LogP contribution in [0.3, 0.4) is 0 Å². The minimum absolute atomic E-state index is 0.0807. The molecule has 0 bridgehead atoms. The van der Waals surface area contributed by atoms with E-state index in [1.165, 1.54) is 28.8 Å². The SMILES string of the molecule is COCCn1cc(C(=O)N2CCC(c3cc(CN)ccc3F)CC2)c2c(C(F)(F)F)ccc(F)c21. The summed E-state index contributed by atoms with van der Waals surface area (Å²) in [6.07, 6.45) is -2.62. The van der Waals surface area contributed by atoms with Crippen molar-refractivity contribution in [1.82, 2.24) is 9.47 Å². The standard InChI is InChI=1S/C25H26F5N3O2/c1-35-11-10-33-14-18(22-19(25(28,29)30)3-5-21(27)23(22)33)24(34)32-8-6-16(7-9-32)17-12-15(13-31)2-4-20(17)26/h2-5,12,14,16H,6-11,13,31H2,1H3. The number of likely N-dealkylation sites (tertiary alicyclic amines) is 1. The van der Waals surface area contributed by atoms with Gasteiger partial charge in [-0.15, -0.1) is 0 Å². The zero-order valence-corrected chi connectivity index (χ0v) is 19.2. The first-order valence-corrected chi connectivity index (χ1v) is 11.3. The summed E-state index contributed by atoms with van der Waals surface area (Å²) < 4.78 is 76.8. The Balaban J connectivity index is 1.66. The molecule has 1 aromatic heterocycles. The maximum atomic E-state index is 14.7. The number of halogens is 5. The number of nitrogens with two attached hydrogens (primary N) is 1. The largest absolute Gasteiger partial charge is 0.417 e. The van der Waals surface area contributed by atoms with Gasteiger partial charge in [-0.1, -0.05) is 12.1 Å². The molecule has 2 N–H and O–H groups in total. The summed E-state index contributed by atoms with van der Waals surface area (Å²) in [5.74, 6) is -1.95. The van der Waals surface area contributed by atoms with Crippen molar-refractivity contribution in [1.29, 1.82) is 0 Å². The number of piperidine rings is 1. The van der Waals surface area contributed by atoms with Gasteiger partial charge < -0.3 is 19.9 Å². The predicted molar refractivity (Wildman–Crippen MR) is 121 cm³/mol. The molecule has 5 nitrogen and oxygen atoms in total. The van der Waals surface area contributed by atoms with Crippen LogP contribution in [0.5, 0.6) is 0 Å². The average Bonchev–Trinajstić information content (AvgIpc) is 3.22. The molecule has 1 fully saturated rings. The Labute approximate surface area is 199 Å². The summed E-state index contributed by atoms with van der Waals surface area (Å²) in [7, 11) is 1.42. The van der Waals surface area contributed by atoms with Crippen LogP contribution in [0.1, 0.15) is 45.8 Å². The van der Waals surface area contributed by atoms with Crippen molar-refractivity contribution in [3.05, 3.63) is 70.4 Å². The van der Waals surface area contributed by atoms with E-state index in [9.17, 15) is 26.7 Å². The third-order valence-electron chi connectivity index (χ3n) is 6.56. The van der Waals surface area contributed by atoms with Crippen molar-refractivity contribution in [3.63, 3.8) is 0 Å². The molecule has 1 aliphatic rings. The lowest BCUT2D eigenvalue weighted by Crippen LogP contribution is -2.38. The number of alkyl halides is 3. The molecule has 2 heterocycles. The molecular weight excluding hydrogens is 469 g/mol. The van der Waals surface area contributed by atoms with E-state index in [1.807, 2.05) is 0 Å². The molecule has 0 spiro atoms. The molecule has 1 aliphatic heterocycles. The molecule has 0 unspecified atom stereocenters. The Morgan fingerprint density at radius 1 is 1.11 bits per heavy atom. The van der Waals surface area contributed by atoms with Crippen LogP contribution >= 0.6 is 0 Å². The Hall–Kier alpha value is -2.98. The van der Waals surface area contributed by atoms with Crippen molar-refractivity contribution < 1.29 is 31.5 Å². The summed E-state index contributed by atoms with van der Waals surface area (Å²) in [5, 5.41) is -0.456. The number of aromatic nitrogens is 1. The van der Waals surface area contributed by atoms with Crippen molar-refractivity contribution in [2.24, 2.45) is 5.73 Å². The lowest BCUT2D eigenvalue weighted by molar-refractivity contribution is -0.136. The fraction of sp³-hybridized carbons (Fsp3) is 0.400. The number of amides is 1. The quantitative estimate of drug-likeness (QED) is 0.486. The molecule has 188 valence electrons. The van der Waals surface area contributed by atoms with Crippen LogP contribution in [0, 0.1) is 11.6 Å². The van der Waals surface area contributed by atoms with Gasteiger partial charge in [0.05, 0.1) is 23.3 Å². The third-order valence-corrected chi connectivity index (χ3v) is 6.56. The molecule has 0 radical (unpaired) electrons. The summed E-state index contributed by atoms with van der Waals surface area (Å²) in [5.41, 5.74) is 5.43. The van der Waals surface area contributed by atoms with Gasteiger partial charge in [0.25, 0.3) is 5.91 Å². The van der Waals surface area contributed by atoms with Gasteiger partial charge in [-0.2, -0.15) is 13.2 Å². The van der Waals surface area contributed by atoms with E-state index in [-0.39, 0.29) is 55.6 Å². The van der Waals surface area contributed by atoms with Gasteiger partial charge in [-0.05, 0) is 48.1 Å². The fourth-order valence-electron chi connectivity index (χ4n) is 4.77. The number of nitrogens with zero attached hydrogens (tertiary/aromatic N) is 2. The van der Waals surface area contributed by atoms with Crippen LogP contribution in [0.4, 0.5) is 22.0 Å².